The number of ether oxygens (including phenoxy) is 1. The molecular weight excluding hydrogens is 544 g/mol. The Kier molecular flexibility index (Phi) is 7.15. The first-order valence-corrected chi connectivity index (χ1v) is 14.4. The predicted molar refractivity (Wildman–Crippen MR) is 175 cm³/mol. The highest BCUT2D eigenvalue weighted by Gasteiger charge is 2.35. The van der Waals surface area contributed by atoms with Gasteiger partial charge < -0.3 is 9.84 Å². The second kappa shape index (κ2) is 11.7. The Bertz CT molecular complexity index is 1960. The second-order valence-corrected chi connectivity index (χ2v) is 10.5. The molecule has 7 rings (SSSR count). The minimum atomic E-state index is -0.286. The fraction of sp³-hybridized carbons (Fsp3) is 0. The maximum Gasteiger partial charge on any atom is 0.361 e. The zero-order valence-electron chi connectivity index (χ0n) is 23.7. The molecule has 0 fully saturated rings. The van der Waals surface area contributed by atoms with Gasteiger partial charge in [0, 0.05) is 11.1 Å². The van der Waals surface area contributed by atoms with Crippen LogP contribution in [0.25, 0.3) is 39.9 Å². The van der Waals surface area contributed by atoms with Gasteiger partial charge in [-0.1, -0.05) is 109 Å². The molecule has 0 saturated carbocycles. The lowest BCUT2D eigenvalue weighted by molar-refractivity contribution is -0.113. The van der Waals surface area contributed by atoms with Crippen molar-refractivity contribution in [3.8, 4) is 22.5 Å². The lowest BCUT2D eigenvalue weighted by atomic mass is 9.86. The van der Waals surface area contributed by atoms with Crippen LogP contribution in [-0.4, -0.2) is 10.9 Å². The van der Waals surface area contributed by atoms with Crippen LogP contribution in [0.1, 0.15) is 16.9 Å². The minimum absolute atomic E-state index is 0.0989. The summed E-state index contributed by atoms with van der Waals surface area (Å²) in [4.78, 5) is 13.4. The van der Waals surface area contributed by atoms with Crippen molar-refractivity contribution in [1.82, 2.24) is 0 Å². The van der Waals surface area contributed by atoms with Gasteiger partial charge in [0.1, 0.15) is 17.3 Å². The maximum absolute atomic E-state index is 13.4. The smallest absolute Gasteiger partial charge is 0.361 e. The summed E-state index contributed by atoms with van der Waals surface area (Å²) in [6, 6.07) is 43.4. The predicted octanol–water partition coefficient (Wildman–Crippen LogP) is 9.71. The van der Waals surface area contributed by atoms with E-state index in [1.165, 1.54) is 0 Å². The molecule has 1 N–H and O–H groups in total. The van der Waals surface area contributed by atoms with Crippen molar-refractivity contribution < 1.29 is 19.1 Å². The fourth-order valence-corrected chi connectivity index (χ4v) is 5.27. The number of Topliss-reactive ketones (excluding diaryl/α,β-unsaturated/α-hetero) is 1. The van der Waals surface area contributed by atoms with Crippen molar-refractivity contribution in [2.45, 2.75) is 0 Å². The molecule has 1 aliphatic heterocycles. The van der Waals surface area contributed by atoms with Crippen LogP contribution < -0.4 is 0 Å². The Morgan fingerprint density at radius 3 is 1.77 bits per heavy atom. The molecule has 0 spiro atoms. The third-order valence-corrected chi connectivity index (χ3v) is 7.53. The molecule has 4 aromatic carbocycles. The van der Waals surface area contributed by atoms with Crippen molar-refractivity contribution >= 4 is 23.2 Å². The van der Waals surface area contributed by atoms with Gasteiger partial charge in [-0.2, -0.15) is 0 Å². The van der Waals surface area contributed by atoms with Crippen molar-refractivity contribution in [1.29, 1.82) is 0 Å². The van der Waals surface area contributed by atoms with Crippen LogP contribution in [0.15, 0.2) is 179 Å². The topological polar surface area (TPSA) is 57.8 Å². The third-order valence-electron chi connectivity index (χ3n) is 7.53. The van der Waals surface area contributed by atoms with E-state index in [0.717, 1.165) is 33.4 Å². The van der Waals surface area contributed by atoms with Crippen LogP contribution in [-0.2, 0) is 9.53 Å². The highest BCUT2D eigenvalue weighted by atomic mass is 16.5. The zero-order chi connectivity index (χ0) is 29.9. The monoisotopic (exact) mass is 571 g/mol. The lowest BCUT2D eigenvalue weighted by Crippen LogP contribution is -2.21. The van der Waals surface area contributed by atoms with Gasteiger partial charge in [-0.3, -0.25) is 4.79 Å². The van der Waals surface area contributed by atoms with Crippen LogP contribution in [0.4, 0.5) is 0 Å². The van der Waals surface area contributed by atoms with Gasteiger partial charge in [-0.25, -0.2) is 4.42 Å². The van der Waals surface area contributed by atoms with E-state index in [1.807, 2.05) is 146 Å². The SMILES string of the molecule is O=C1C(=Cc2cc(-c3ccccc3)cc(-c3ccccc3)[o+]2)C(O)=C1C=C1C=C(c2ccccc2)C=C(c2ccccc2)O1. The van der Waals surface area contributed by atoms with E-state index in [9.17, 15) is 9.90 Å². The van der Waals surface area contributed by atoms with Crippen LogP contribution in [0.2, 0.25) is 0 Å². The Hall–Kier alpha value is -6.00. The maximum atomic E-state index is 13.4. The van der Waals surface area contributed by atoms with Crippen LogP contribution in [0.5, 0.6) is 0 Å². The number of allylic oxidation sites excluding steroid dienone is 6. The molecule has 0 atom stereocenters. The first-order chi connectivity index (χ1) is 21.6. The molecule has 210 valence electrons. The van der Waals surface area contributed by atoms with E-state index in [2.05, 4.69) is 0 Å². The Morgan fingerprint density at radius 2 is 1.16 bits per heavy atom. The number of hydrogen-bond acceptors (Lipinski definition) is 3. The third kappa shape index (κ3) is 5.44. The molecule has 1 aliphatic carbocycles. The number of aliphatic hydroxyl groups excluding tert-OH is 1. The lowest BCUT2D eigenvalue weighted by Gasteiger charge is -2.21. The molecular formula is C40H27O4+. The van der Waals surface area contributed by atoms with E-state index in [1.54, 1.807) is 12.2 Å². The average Bonchev–Trinajstić information content (AvgIpc) is 3.10. The molecule has 44 heavy (non-hydrogen) atoms. The summed E-state index contributed by atoms with van der Waals surface area (Å²) < 4.78 is 12.4. The van der Waals surface area contributed by atoms with Crippen molar-refractivity contribution in [2.24, 2.45) is 0 Å². The van der Waals surface area contributed by atoms with Crippen LogP contribution >= 0.6 is 0 Å². The molecule has 0 saturated heterocycles. The Balaban J connectivity index is 1.26. The van der Waals surface area contributed by atoms with E-state index in [4.69, 9.17) is 9.15 Å². The molecule has 0 unspecified atom stereocenters. The number of rotatable bonds is 6. The second-order valence-electron chi connectivity index (χ2n) is 10.5. The van der Waals surface area contributed by atoms with Crippen LogP contribution in [0, 0.1) is 0 Å². The summed E-state index contributed by atoms with van der Waals surface area (Å²) in [6.07, 6.45) is 7.05. The van der Waals surface area contributed by atoms with Crippen molar-refractivity contribution in [2.75, 3.05) is 0 Å². The number of carbonyl (C=O) groups excluding carboxylic acids is 1. The molecule has 0 amide bonds. The molecule has 0 bridgehead atoms. The zero-order valence-corrected chi connectivity index (χ0v) is 23.7. The first-order valence-electron chi connectivity index (χ1n) is 14.4. The minimum Gasteiger partial charge on any atom is -0.506 e. The first kappa shape index (κ1) is 26.9. The highest BCUT2D eigenvalue weighted by Crippen LogP contribution is 2.37. The van der Waals surface area contributed by atoms with E-state index >= 15 is 0 Å². The van der Waals surface area contributed by atoms with Gasteiger partial charge in [-0.15, -0.1) is 0 Å². The molecule has 1 aromatic heterocycles. The number of carbonyl (C=O) groups is 1. The molecule has 4 nitrogen and oxygen atoms in total. The van der Waals surface area contributed by atoms with Crippen molar-refractivity contribution in [3.63, 3.8) is 0 Å². The summed E-state index contributed by atoms with van der Waals surface area (Å²) in [5, 5.41) is 11.1. The number of hydrogen-bond donors (Lipinski definition) is 1. The van der Waals surface area contributed by atoms with Gasteiger partial charge in [0.15, 0.2) is 0 Å². The van der Waals surface area contributed by atoms with E-state index < -0.39 is 0 Å². The summed E-state index contributed by atoms with van der Waals surface area (Å²) >= 11 is 0. The van der Waals surface area contributed by atoms with E-state index in [-0.39, 0.29) is 22.7 Å². The molecule has 4 heteroatoms. The fourth-order valence-electron chi connectivity index (χ4n) is 5.27. The molecule has 2 heterocycles. The number of aliphatic hydroxyl groups is 1. The van der Waals surface area contributed by atoms with E-state index in [0.29, 0.717) is 23.0 Å². The van der Waals surface area contributed by atoms with Gasteiger partial charge in [0.25, 0.3) is 0 Å². The summed E-state index contributed by atoms with van der Waals surface area (Å²) in [5.41, 5.74) is 6.11. The Labute approximate surface area is 255 Å². The van der Waals surface area contributed by atoms with Crippen molar-refractivity contribution in [3.05, 3.63) is 191 Å². The van der Waals surface area contributed by atoms with Crippen LogP contribution in [0.3, 0.4) is 0 Å². The van der Waals surface area contributed by atoms with Gasteiger partial charge >= 0.3 is 11.5 Å². The standard InChI is InChI=1S/C40H26O4/c41-39-35(25-33-21-31(27-13-5-1-6-14-27)23-37(43-33)29-17-9-3-10-18-29)40(42)36(39)26-34-22-32(28-15-7-2-8-16-28)24-38(44-34)30-19-11-4-12-20-30/h1-26H/p+1. The molecule has 0 radical (unpaired) electrons. The molecule has 2 aliphatic rings. The number of ketones is 1. The summed E-state index contributed by atoms with van der Waals surface area (Å²) in [5.74, 6) is 1.85. The Morgan fingerprint density at radius 1 is 0.591 bits per heavy atom. The van der Waals surface area contributed by atoms with Gasteiger partial charge in [-0.05, 0) is 47.1 Å². The van der Waals surface area contributed by atoms with Gasteiger partial charge in [0.05, 0.1) is 34.9 Å². The molecule has 5 aromatic rings. The highest BCUT2D eigenvalue weighted by molar-refractivity contribution is 6.23. The quantitative estimate of drug-likeness (QED) is 0.163. The number of benzene rings is 4. The average molecular weight is 572 g/mol. The van der Waals surface area contributed by atoms with Gasteiger partial charge in [0.2, 0.25) is 5.78 Å². The summed E-state index contributed by atoms with van der Waals surface area (Å²) in [7, 11) is 0. The largest absolute Gasteiger partial charge is 0.506 e. The summed E-state index contributed by atoms with van der Waals surface area (Å²) in [6.45, 7) is 0. The normalized spacial score (nSPS) is 16.3.